The molecule has 0 aromatic carbocycles. The highest BCUT2D eigenvalue weighted by Gasteiger charge is 2.41. The van der Waals surface area contributed by atoms with Crippen molar-refractivity contribution in [2.24, 2.45) is 5.41 Å². The highest BCUT2D eigenvalue weighted by molar-refractivity contribution is 5.90. The molecule has 0 rings (SSSR count). The zero-order valence-corrected chi connectivity index (χ0v) is 23.8. The van der Waals surface area contributed by atoms with Crippen LogP contribution < -0.4 is 0 Å². The predicted octanol–water partition coefficient (Wildman–Crippen LogP) is 1.40. The van der Waals surface area contributed by atoms with Crippen molar-refractivity contribution in [3.8, 4) is 0 Å². The molecule has 1 atom stereocenters. The second kappa shape index (κ2) is 16.8. The van der Waals surface area contributed by atoms with Gasteiger partial charge in [-0.15, -0.1) is 12.4 Å². The molecule has 0 aromatic rings. The van der Waals surface area contributed by atoms with Gasteiger partial charge < -0.3 is 35.4 Å². The van der Waals surface area contributed by atoms with E-state index in [1.54, 1.807) is 0 Å². The molecule has 0 spiro atoms. The first-order chi connectivity index (χ1) is 17.5. The number of aliphatic hydroxyl groups is 3. The van der Waals surface area contributed by atoms with Gasteiger partial charge >= 0.3 is 23.9 Å². The van der Waals surface area contributed by atoms with Crippen molar-refractivity contribution in [3.63, 3.8) is 0 Å². The minimum atomic E-state index is -1.72. The molecule has 12 nitrogen and oxygen atoms in total. The minimum absolute atomic E-state index is 0. The van der Waals surface area contributed by atoms with Crippen molar-refractivity contribution in [2.45, 2.75) is 52.2 Å². The second-order valence-corrected chi connectivity index (χ2v) is 9.43. The van der Waals surface area contributed by atoms with Gasteiger partial charge in [0.1, 0.15) is 11.6 Å². The molecule has 0 saturated heterocycles. The average molecular weight is 578 g/mol. The largest absolute Gasteiger partial charge is 0.478 e. The molecule has 13 heteroatoms. The summed E-state index contributed by atoms with van der Waals surface area (Å²) < 4.78 is 5.67. The Bertz CT molecular complexity index is 969. The van der Waals surface area contributed by atoms with E-state index < -0.39 is 60.8 Å². The van der Waals surface area contributed by atoms with Crippen LogP contribution >= 0.6 is 12.4 Å². The number of nitrogens with zero attached hydrogens (tertiary/aromatic N) is 1. The van der Waals surface area contributed by atoms with Crippen LogP contribution in [0.3, 0.4) is 0 Å². The third-order valence-electron chi connectivity index (χ3n) is 6.23. The van der Waals surface area contributed by atoms with Gasteiger partial charge in [-0.3, -0.25) is 4.90 Å². The number of ether oxygens (including phenoxy) is 1. The lowest BCUT2D eigenvalue weighted by Crippen LogP contribution is -2.53. The summed E-state index contributed by atoms with van der Waals surface area (Å²) in [5.41, 5.74) is -3.46. The summed E-state index contributed by atoms with van der Waals surface area (Å²) in [5, 5.41) is 56.9. The monoisotopic (exact) mass is 577 g/mol. The second-order valence-electron chi connectivity index (χ2n) is 9.43. The topological polar surface area (TPSA) is 202 Å². The van der Waals surface area contributed by atoms with E-state index in [2.05, 4.69) is 0 Å². The van der Waals surface area contributed by atoms with Crippen LogP contribution in [-0.2, 0) is 23.9 Å². The molecular formula is C26H40ClNO11. The molecule has 1 unspecified atom stereocenters. The Morgan fingerprint density at radius 3 is 1.51 bits per heavy atom. The summed E-state index contributed by atoms with van der Waals surface area (Å²) in [6, 6.07) is 0. The van der Waals surface area contributed by atoms with Crippen LogP contribution in [0.2, 0.25) is 0 Å². The molecule has 0 amide bonds. The number of rotatable bonds is 16. The maximum Gasteiger partial charge on any atom is 0.334 e. The van der Waals surface area contributed by atoms with Gasteiger partial charge in [0.25, 0.3) is 0 Å². The molecule has 0 aromatic heterocycles. The molecule has 0 aliphatic rings. The van der Waals surface area contributed by atoms with E-state index in [9.17, 15) is 49.8 Å². The molecule has 39 heavy (non-hydrogen) atoms. The average Bonchev–Trinajstić information content (AvgIpc) is 2.85. The molecule has 0 aliphatic heterocycles. The number of likely N-dealkylation sites (N-methyl/N-ethyl adjacent to an activating group) is 1. The highest BCUT2D eigenvalue weighted by Crippen LogP contribution is 2.30. The smallest absolute Gasteiger partial charge is 0.334 e. The van der Waals surface area contributed by atoms with E-state index >= 15 is 0 Å². The first-order valence-corrected chi connectivity index (χ1v) is 11.7. The minimum Gasteiger partial charge on any atom is -0.478 e. The normalized spacial score (nSPS) is 15.7. The zero-order valence-electron chi connectivity index (χ0n) is 23.0. The molecule has 6 N–H and O–H groups in total. The number of aliphatic carboxylic acids is 3. The summed E-state index contributed by atoms with van der Waals surface area (Å²) in [5.74, 6) is -4.88. The van der Waals surface area contributed by atoms with Gasteiger partial charge in [-0.1, -0.05) is 6.08 Å². The Kier molecular flexibility index (Phi) is 16.4. The number of hydrogen-bond donors (Lipinski definition) is 6. The highest BCUT2D eigenvalue weighted by atomic mass is 35.5. The Morgan fingerprint density at radius 1 is 0.769 bits per heavy atom. The third-order valence-corrected chi connectivity index (χ3v) is 6.23. The maximum atomic E-state index is 13.1. The number of esters is 1. The van der Waals surface area contributed by atoms with Gasteiger partial charge in [0, 0.05) is 27.7 Å². The molecule has 0 bridgehead atoms. The lowest BCUT2D eigenvalue weighted by atomic mass is 9.85. The van der Waals surface area contributed by atoms with Crippen LogP contribution in [0, 0.1) is 5.41 Å². The van der Waals surface area contributed by atoms with E-state index in [1.165, 1.54) is 64.9 Å². The van der Waals surface area contributed by atoms with E-state index in [0.29, 0.717) is 0 Å². The van der Waals surface area contributed by atoms with E-state index in [-0.39, 0.29) is 47.5 Å². The van der Waals surface area contributed by atoms with Crippen molar-refractivity contribution < 1.29 is 54.6 Å². The Labute approximate surface area is 234 Å². The van der Waals surface area contributed by atoms with E-state index in [4.69, 9.17) is 4.74 Å². The van der Waals surface area contributed by atoms with Gasteiger partial charge in [-0.05, 0) is 72.9 Å². The molecule has 0 aliphatic carbocycles. The van der Waals surface area contributed by atoms with Crippen LogP contribution in [0.4, 0.5) is 0 Å². The van der Waals surface area contributed by atoms with Gasteiger partial charge in [0.2, 0.25) is 0 Å². The van der Waals surface area contributed by atoms with Gasteiger partial charge in [-0.25, -0.2) is 19.2 Å². The van der Waals surface area contributed by atoms with Crippen LogP contribution in [0.25, 0.3) is 0 Å². The van der Waals surface area contributed by atoms with Crippen molar-refractivity contribution in [2.75, 3.05) is 33.9 Å². The predicted molar refractivity (Wildman–Crippen MR) is 144 cm³/mol. The van der Waals surface area contributed by atoms with Crippen LogP contribution in [0.1, 0.15) is 40.5 Å². The lowest BCUT2D eigenvalue weighted by molar-refractivity contribution is -0.146. The molecular weight excluding hydrogens is 538 g/mol. The molecule has 0 fully saturated rings. The first-order valence-electron chi connectivity index (χ1n) is 11.7. The summed E-state index contributed by atoms with van der Waals surface area (Å²) in [4.78, 5) is 49.4. The van der Waals surface area contributed by atoms with Gasteiger partial charge in [0.05, 0.1) is 19.8 Å². The van der Waals surface area contributed by atoms with Gasteiger partial charge in [0.15, 0.2) is 0 Å². The van der Waals surface area contributed by atoms with Crippen LogP contribution in [-0.4, -0.2) is 105 Å². The van der Waals surface area contributed by atoms with Gasteiger partial charge in [-0.2, -0.15) is 0 Å². The van der Waals surface area contributed by atoms with Crippen molar-refractivity contribution in [1.29, 1.82) is 0 Å². The SMILES string of the molecule is CC(=CC(OC(=O)C(C)=CCCC(CO)(CO)CO)C(C=C(C)C(=O)O)(C=C(C)C(=O)O)N(C)C)C(=O)O.Cl. The lowest BCUT2D eigenvalue weighted by Gasteiger charge is -2.40. The number of allylic oxidation sites excluding steroid dienone is 1. The fourth-order valence-electron chi connectivity index (χ4n) is 3.37. The molecule has 0 saturated carbocycles. The van der Waals surface area contributed by atoms with E-state index in [1.807, 2.05) is 0 Å². The number of halogens is 1. The number of carbonyl (C=O) groups excluding carboxylic acids is 1. The number of aliphatic hydroxyl groups excluding tert-OH is 3. The maximum absolute atomic E-state index is 13.1. The number of carboxylic acid groups (broad SMARTS) is 3. The quantitative estimate of drug-likeness (QED) is 0.114. The van der Waals surface area contributed by atoms with Crippen LogP contribution in [0.15, 0.2) is 46.6 Å². The number of carboxylic acids is 3. The summed E-state index contributed by atoms with van der Waals surface area (Å²) in [6.07, 6.45) is 3.75. The molecule has 0 heterocycles. The third kappa shape index (κ3) is 10.9. The fourth-order valence-corrected chi connectivity index (χ4v) is 3.37. The summed E-state index contributed by atoms with van der Waals surface area (Å²) in [6.45, 7) is 3.75. The van der Waals surface area contributed by atoms with Crippen LogP contribution in [0.5, 0.6) is 0 Å². The standard InChI is InChI=1S/C26H39NO11.ClH/c1-16(8-7-9-25(13-28,14-29)15-30)24(37)38-20(10-17(2)21(31)32)26(27(5)6,11-18(3)22(33)34)12-19(4)23(35)36;/h8,10-12,20,28-30H,7,9,13-15H2,1-6H3,(H,31,32)(H,33,34)(H,35,36);1H. The van der Waals surface area contributed by atoms with Crippen molar-refractivity contribution >= 4 is 36.3 Å². The number of carbonyl (C=O) groups is 4. The van der Waals surface area contributed by atoms with Crippen molar-refractivity contribution in [3.05, 3.63) is 46.6 Å². The summed E-state index contributed by atoms with van der Waals surface area (Å²) in [7, 11) is 2.98. The molecule has 222 valence electrons. The number of hydrogen-bond acceptors (Lipinski definition) is 9. The van der Waals surface area contributed by atoms with E-state index in [0.717, 1.165) is 6.08 Å². The van der Waals surface area contributed by atoms with Crippen molar-refractivity contribution in [1.82, 2.24) is 4.90 Å². The molecule has 0 radical (unpaired) electrons. The first kappa shape index (κ1) is 38.1. The Balaban J connectivity index is 0. The fraction of sp³-hybridized carbons (Fsp3) is 0.538. The Morgan fingerprint density at radius 2 is 1.18 bits per heavy atom. The Hall–Kier alpha value is -3.03. The summed E-state index contributed by atoms with van der Waals surface area (Å²) >= 11 is 0. The zero-order chi connectivity index (χ0) is 29.8.